The third kappa shape index (κ3) is 4.92. The van der Waals surface area contributed by atoms with Crippen LogP contribution in [0.3, 0.4) is 0 Å². The standard InChI is InChI=1S/C17H33NO/c1-5-13-18-16(14-15(4)6-2)17(19-7-3)11-9-8-10-12-17/h16,18H,4-14H2,1-3H3. The lowest BCUT2D eigenvalue weighted by Gasteiger charge is -2.44. The SMILES string of the molecule is C=C(CC)CC(NCCC)C1(OCC)CCCCC1. The molecule has 112 valence electrons. The summed E-state index contributed by atoms with van der Waals surface area (Å²) in [6.07, 6.45) is 9.72. The number of nitrogens with one attached hydrogen (secondary N) is 1. The lowest BCUT2D eigenvalue weighted by molar-refractivity contribution is -0.0897. The molecule has 0 amide bonds. The van der Waals surface area contributed by atoms with Crippen molar-refractivity contribution < 1.29 is 4.74 Å². The third-order valence-corrected chi connectivity index (χ3v) is 4.40. The summed E-state index contributed by atoms with van der Waals surface area (Å²) in [5, 5.41) is 3.74. The molecule has 19 heavy (non-hydrogen) atoms. The summed E-state index contributed by atoms with van der Waals surface area (Å²) in [6.45, 7) is 12.7. The van der Waals surface area contributed by atoms with Crippen LogP contribution in [0.5, 0.6) is 0 Å². The van der Waals surface area contributed by atoms with Crippen molar-refractivity contribution in [2.75, 3.05) is 13.2 Å². The second kappa shape index (κ2) is 8.76. The fourth-order valence-electron chi connectivity index (χ4n) is 3.23. The molecule has 1 saturated carbocycles. The van der Waals surface area contributed by atoms with Crippen molar-refractivity contribution in [3.8, 4) is 0 Å². The van der Waals surface area contributed by atoms with Gasteiger partial charge in [-0.3, -0.25) is 0 Å². The Morgan fingerprint density at radius 2 is 1.89 bits per heavy atom. The van der Waals surface area contributed by atoms with E-state index in [1.54, 1.807) is 0 Å². The van der Waals surface area contributed by atoms with E-state index < -0.39 is 0 Å². The molecule has 0 aromatic rings. The van der Waals surface area contributed by atoms with Crippen molar-refractivity contribution in [1.29, 1.82) is 0 Å². The number of hydrogen-bond acceptors (Lipinski definition) is 2. The fourth-order valence-corrected chi connectivity index (χ4v) is 3.23. The molecule has 0 saturated heterocycles. The summed E-state index contributed by atoms with van der Waals surface area (Å²) in [7, 11) is 0. The first kappa shape index (κ1) is 16.7. The lowest BCUT2D eigenvalue weighted by atomic mass is 9.76. The van der Waals surface area contributed by atoms with Crippen molar-refractivity contribution in [1.82, 2.24) is 5.32 Å². The lowest BCUT2D eigenvalue weighted by Crippen LogP contribution is -2.54. The van der Waals surface area contributed by atoms with E-state index in [1.165, 1.54) is 44.1 Å². The second-order valence-electron chi connectivity index (χ2n) is 5.87. The van der Waals surface area contributed by atoms with Gasteiger partial charge in [0.1, 0.15) is 0 Å². The van der Waals surface area contributed by atoms with Crippen LogP contribution in [0.4, 0.5) is 0 Å². The first-order valence-corrected chi connectivity index (χ1v) is 8.22. The molecular weight excluding hydrogens is 234 g/mol. The molecule has 0 aliphatic heterocycles. The van der Waals surface area contributed by atoms with Gasteiger partial charge >= 0.3 is 0 Å². The van der Waals surface area contributed by atoms with Crippen LogP contribution in [0.15, 0.2) is 12.2 Å². The molecule has 0 aromatic heterocycles. The van der Waals surface area contributed by atoms with Crippen LogP contribution >= 0.6 is 0 Å². The fraction of sp³-hybridized carbons (Fsp3) is 0.882. The minimum atomic E-state index is 0.0558. The van der Waals surface area contributed by atoms with Crippen molar-refractivity contribution in [2.45, 2.75) is 83.8 Å². The highest BCUT2D eigenvalue weighted by Crippen LogP contribution is 2.36. The van der Waals surface area contributed by atoms with E-state index in [9.17, 15) is 0 Å². The predicted octanol–water partition coefficient (Wildman–Crippen LogP) is 4.45. The molecular formula is C17H33NO. The summed E-state index contributed by atoms with van der Waals surface area (Å²) < 4.78 is 6.27. The van der Waals surface area contributed by atoms with Gasteiger partial charge in [0.2, 0.25) is 0 Å². The molecule has 1 unspecified atom stereocenters. The zero-order valence-electron chi connectivity index (χ0n) is 13.3. The Morgan fingerprint density at radius 3 is 2.42 bits per heavy atom. The van der Waals surface area contributed by atoms with Gasteiger partial charge in [-0.15, -0.1) is 0 Å². The van der Waals surface area contributed by atoms with Crippen LogP contribution in [0.1, 0.15) is 72.1 Å². The van der Waals surface area contributed by atoms with Gasteiger partial charge < -0.3 is 10.1 Å². The van der Waals surface area contributed by atoms with E-state index in [-0.39, 0.29) is 5.60 Å². The highest BCUT2D eigenvalue weighted by Gasteiger charge is 2.40. The first-order valence-electron chi connectivity index (χ1n) is 8.22. The normalized spacial score (nSPS) is 20.2. The van der Waals surface area contributed by atoms with Crippen LogP contribution in [0, 0.1) is 0 Å². The van der Waals surface area contributed by atoms with Gasteiger partial charge in [0.25, 0.3) is 0 Å². The van der Waals surface area contributed by atoms with Gasteiger partial charge in [0.05, 0.1) is 5.60 Å². The zero-order valence-corrected chi connectivity index (χ0v) is 13.3. The molecule has 0 heterocycles. The summed E-state index contributed by atoms with van der Waals surface area (Å²) in [4.78, 5) is 0. The Hall–Kier alpha value is -0.340. The van der Waals surface area contributed by atoms with E-state index in [0.29, 0.717) is 6.04 Å². The highest BCUT2D eigenvalue weighted by molar-refractivity contribution is 5.05. The molecule has 1 aliphatic carbocycles. The topological polar surface area (TPSA) is 21.3 Å². The molecule has 0 spiro atoms. The molecule has 1 N–H and O–H groups in total. The average Bonchev–Trinajstić information content (AvgIpc) is 2.44. The largest absolute Gasteiger partial charge is 0.374 e. The van der Waals surface area contributed by atoms with Gasteiger partial charge in [0.15, 0.2) is 0 Å². The Morgan fingerprint density at radius 1 is 1.21 bits per heavy atom. The Kier molecular flexibility index (Phi) is 7.70. The Balaban J connectivity index is 2.78. The first-order chi connectivity index (χ1) is 9.18. The smallest absolute Gasteiger partial charge is 0.0837 e. The molecule has 2 nitrogen and oxygen atoms in total. The molecule has 0 radical (unpaired) electrons. The molecule has 0 bridgehead atoms. The molecule has 1 aliphatic rings. The monoisotopic (exact) mass is 267 g/mol. The maximum Gasteiger partial charge on any atom is 0.0837 e. The van der Waals surface area contributed by atoms with E-state index in [1.807, 2.05) is 0 Å². The van der Waals surface area contributed by atoms with Crippen LogP contribution in [-0.2, 0) is 4.74 Å². The highest BCUT2D eigenvalue weighted by atomic mass is 16.5. The summed E-state index contributed by atoms with van der Waals surface area (Å²) in [5.41, 5.74) is 1.40. The maximum atomic E-state index is 6.27. The predicted molar refractivity (Wildman–Crippen MR) is 83.6 cm³/mol. The van der Waals surface area contributed by atoms with Crippen LogP contribution < -0.4 is 5.32 Å². The summed E-state index contributed by atoms with van der Waals surface area (Å²) >= 11 is 0. The molecule has 0 aromatic carbocycles. The summed E-state index contributed by atoms with van der Waals surface area (Å²) in [6, 6.07) is 0.445. The number of hydrogen-bond donors (Lipinski definition) is 1. The Bertz CT molecular complexity index is 250. The maximum absolute atomic E-state index is 6.27. The van der Waals surface area contributed by atoms with Crippen LogP contribution in [0.25, 0.3) is 0 Å². The zero-order chi connectivity index (χ0) is 14.1. The number of rotatable bonds is 9. The second-order valence-corrected chi connectivity index (χ2v) is 5.87. The molecule has 1 rings (SSSR count). The molecule has 1 fully saturated rings. The minimum Gasteiger partial charge on any atom is -0.374 e. The quantitative estimate of drug-likeness (QED) is 0.623. The van der Waals surface area contributed by atoms with Crippen LogP contribution in [0.2, 0.25) is 0 Å². The van der Waals surface area contributed by atoms with Gasteiger partial charge in [-0.2, -0.15) is 0 Å². The average molecular weight is 267 g/mol. The van der Waals surface area contributed by atoms with Crippen molar-refractivity contribution in [3.05, 3.63) is 12.2 Å². The third-order valence-electron chi connectivity index (χ3n) is 4.40. The van der Waals surface area contributed by atoms with Crippen molar-refractivity contribution in [2.24, 2.45) is 0 Å². The van der Waals surface area contributed by atoms with Crippen molar-refractivity contribution >= 4 is 0 Å². The van der Waals surface area contributed by atoms with Gasteiger partial charge in [-0.1, -0.05) is 45.3 Å². The van der Waals surface area contributed by atoms with E-state index >= 15 is 0 Å². The molecule has 1 atom stereocenters. The van der Waals surface area contributed by atoms with E-state index in [4.69, 9.17) is 4.74 Å². The Labute approximate surface area is 120 Å². The summed E-state index contributed by atoms with van der Waals surface area (Å²) in [5.74, 6) is 0. The van der Waals surface area contributed by atoms with E-state index in [2.05, 4.69) is 32.7 Å². The molecule has 2 heteroatoms. The van der Waals surface area contributed by atoms with E-state index in [0.717, 1.165) is 26.0 Å². The van der Waals surface area contributed by atoms with Crippen molar-refractivity contribution in [3.63, 3.8) is 0 Å². The van der Waals surface area contributed by atoms with Crippen LogP contribution in [-0.4, -0.2) is 24.8 Å². The number of ether oxygens (including phenoxy) is 1. The van der Waals surface area contributed by atoms with Gasteiger partial charge in [-0.25, -0.2) is 0 Å². The minimum absolute atomic E-state index is 0.0558. The van der Waals surface area contributed by atoms with Gasteiger partial charge in [-0.05, 0) is 45.6 Å². The van der Waals surface area contributed by atoms with Gasteiger partial charge in [0, 0.05) is 12.6 Å².